The van der Waals surface area contributed by atoms with Crippen molar-refractivity contribution in [3.8, 4) is 0 Å². The van der Waals surface area contributed by atoms with Crippen LogP contribution in [0.3, 0.4) is 0 Å². The lowest BCUT2D eigenvalue weighted by atomic mass is 9.97. The van der Waals surface area contributed by atoms with Crippen LogP contribution in [0.4, 0.5) is 5.69 Å². The molecule has 1 aliphatic heterocycles. The van der Waals surface area contributed by atoms with Gasteiger partial charge < -0.3 is 11.1 Å². The standard InChI is InChI=1S/C19H25N3OS/c1-14-8-9-17(24-14)11-21-18-7-3-2-5-15(18)12-22-10-4-6-16(13-22)19(20)23/h2-3,5,7-9,16,21H,4,6,10-13H2,1H3,(H2,20,23)/t16-/m0/s1. The number of nitrogens with one attached hydrogen (secondary N) is 1. The summed E-state index contributed by atoms with van der Waals surface area (Å²) in [5.41, 5.74) is 7.94. The number of anilines is 1. The summed E-state index contributed by atoms with van der Waals surface area (Å²) in [6, 6.07) is 12.8. The number of aryl methyl sites for hydroxylation is 1. The SMILES string of the molecule is Cc1ccc(CNc2ccccc2CN2CCC[C@H](C(N)=O)C2)s1. The predicted octanol–water partition coefficient (Wildman–Crippen LogP) is 3.37. The van der Waals surface area contributed by atoms with Crippen LogP contribution in [0.5, 0.6) is 0 Å². The zero-order chi connectivity index (χ0) is 16.9. The molecule has 0 spiro atoms. The van der Waals surface area contributed by atoms with Crippen LogP contribution in [-0.2, 0) is 17.9 Å². The van der Waals surface area contributed by atoms with Gasteiger partial charge in [0.25, 0.3) is 0 Å². The fraction of sp³-hybridized carbons (Fsp3) is 0.421. The third kappa shape index (κ3) is 4.36. The van der Waals surface area contributed by atoms with Gasteiger partial charge >= 0.3 is 0 Å². The van der Waals surface area contributed by atoms with Gasteiger partial charge in [0.05, 0.1) is 5.92 Å². The molecular weight excluding hydrogens is 318 g/mol. The fourth-order valence-electron chi connectivity index (χ4n) is 3.27. The molecule has 0 bridgehead atoms. The number of nitrogens with two attached hydrogens (primary N) is 1. The Labute approximate surface area is 147 Å². The quantitative estimate of drug-likeness (QED) is 0.845. The number of likely N-dealkylation sites (tertiary alicyclic amines) is 1. The summed E-state index contributed by atoms with van der Waals surface area (Å²) in [4.78, 5) is 16.5. The molecule has 0 radical (unpaired) electrons. The van der Waals surface area contributed by atoms with Crippen molar-refractivity contribution in [1.82, 2.24) is 4.90 Å². The van der Waals surface area contributed by atoms with E-state index in [9.17, 15) is 4.79 Å². The van der Waals surface area contributed by atoms with E-state index in [0.717, 1.165) is 39.0 Å². The maximum atomic E-state index is 11.5. The van der Waals surface area contributed by atoms with Crippen molar-refractivity contribution in [3.63, 3.8) is 0 Å². The minimum atomic E-state index is -0.167. The molecule has 5 heteroatoms. The Balaban J connectivity index is 1.64. The second-order valence-corrected chi connectivity index (χ2v) is 7.87. The summed E-state index contributed by atoms with van der Waals surface area (Å²) in [6.45, 7) is 5.64. The number of carbonyl (C=O) groups excluding carboxylic acids is 1. The Morgan fingerprint density at radius 2 is 2.17 bits per heavy atom. The van der Waals surface area contributed by atoms with Crippen LogP contribution >= 0.6 is 11.3 Å². The van der Waals surface area contributed by atoms with E-state index in [-0.39, 0.29) is 11.8 Å². The zero-order valence-electron chi connectivity index (χ0n) is 14.1. The third-order valence-corrected chi connectivity index (χ3v) is 5.57. The topological polar surface area (TPSA) is 58.4 Å². The second kappa shape index (κ2) is 7.81. The first-order valence-electron chi connectivity index (χ1n) is 8.50. The van der Waals surface area contributed by atoms with Crippen molar-refractivity contribution < 1.29 is 4.79 Å². The van der Waals surface area contributed by atoms with Crippen LogP contribution in [0.15, 0.2) is 36.4 Å². The second-order valence-electron chi connectivity index (χ2n) is 6.50. The van der Waals surface area contributed by atoms with Crippen molar-refractivity contribution in [2.45, 2.75) is 32.9 Å². The van der Waals surface area contributed by atoms with Crippen LogP contribution in [0.25, 0.3) is 0 Å². The lowest BCUT2D eigenvalue weighted by molar-refractivity contribution is -0.123. The predicted molar refractivity (Wildman–Crippen MR) is 100 cm³/mol. The molecule has 24 heavy (non-hydrogen) atoms. The van der Waals surface area contributed by atoms with E-state index in [4.69, 9.17) is 5.73 Å². The molecule has 1 fully saturated rings. The summed E-state index contributed by atoms with van der Waals surface area (Å²) in [5, 5.41) is 3.56. The molecule has 1 atom stereocenters. The highest BCUT2D eigenvalue weighted by Crippen LogP contribution is 2.23. The summed E-state index contributed by atoms with van der Waals surface area (Å²) >= 11 is 1.83. The van der Waals surface area contributed by atoms with Crippen molar-refractivity contribution in [3.05, 3.63) is 51.7 Å². The number of carbonyl (C=O) groups is 1. The molecule has 1 aromatic carbocycles. The zero-order valence-corrected chi connectivity index (χ0v) is 14.9. The lowest BCUT2D eigenvalue weighted by Crippen LogP contribution is -2.40. The van der Waals surface area contributed by atoms with E-state index in [1.54, 1.807) is 0 Å². The summed E-state index contributed by atoms with van der Waals surface area (Å²) in [7, 11) is 0. The molecule has 2 aromatic rings. The first-order valence-corrected chi connectivity index (χ1v) is 9.32. The number of rotatable bonds is 6. The van der Waals surface area contributed by atoms with Gasteiger partial charge in [0.15, 0.2) is 0 Å². The summed E-state index contributed by atoms with van der Waals surface area (Å²) in [5.74, 6) is -0.174. The molecule has 0 unspecified atom stereocenters. The molecule has 1 aliphatic rings. The molecule has 0 aliphatic carbocycles. The smallest absolute Gasteiger partial charge is 0.221 e. The van der Waals surface area contributed by atoms with Gasteiger partial charge in [0.1, 0.15) is 0 Å². The maximum absolute atomic E-state index is 11.5. The van der Waals surface area contributed by atoms with Crippen molar-refractivity contribution in [2.24, 2.45) is 11.7 Å². The van der Waals surface area contributed by atoms with Crippen LogP contribution in [0.1, 0.15) is 28.2 Å². The van der Waals surface area contributed by atoms with Crippen molar-refractivity contribution >= 4 is 22.9 Å². The minimum Gasteiger partial charge on any atom is -0.380 e. The number of hydrogen-bond acceptors (Lipinski definition) is 4. The molecule has 3 N–H and O–H groups in total. The highest BCUT2D eigenvalue weighted by Gasteiger charge is 2.24. The number of amides is 1. The first-order chi connectivity index (χ1) is 11.6. The van der Waals surface area contributed by atoms with E-state index in [0.29, 0.717) is 0 Å². The number of piperidine rings is 1. The van der Waals surface area contributed by atoms with E-state index in [2.05, 4.69) is 53.5 Å². The number of hydrogen-bond donors (Lipinski definition) is 2. The monoisotopic (exact) mass is 343 g/mol. The largest absolute Gasteiger partial charge is 0.380 e. The van der Waals surface area contributed by atoms with Crippen LogP contribution in [0.2, 0.25) is 0 Å². The highest BCUT2D eigenvalue weighted by molar-refractivity contribution is 7.11. The van der Waals surface area contributed by atoms with E-state index in [1.807, 2.05) is 11.3 Å². The average Bonchev–Trinajstić information content (AvgIpc) is 3.00. The van der Waals surface area contributed by atoms with E-state index < -0.39 is 0 Å². The summed E-state index contributed by atoms with van der Waals surface area (Å²) in [6.07, 6.45) is 1.96. The lowest BCUT2D eigenvalue weighted by Gasteiger charge is -2.31. The molecule has 128 valence electrons. The molecule has 0 saturated carbocycles. The van der Waals surface area contributed by atoms with Gasteiger partial charge in [0.2, 0.25) is 5.91 Å². The molecule has 1 amide bonds. The number of thiophene rings is 1. The van der Waals surface area contributed by atoms with Gasteiger partial charge in [-0.15, -0.1) is 11.3 Å². The molecule has 1 aromatic heterocycles. The van der Waals surface area contributed by atoms with Gasteiger partial charge in [-0.2, -0.15) is 0 Å². The number of benzene rings is 1. The molecule has 2 heterocycles. The van der Waals surface area contributed by atoms with E-state index in [1.165, 1.54) is 21.0 Å². The van der Waals surface area contributed by atoms with E-state index >= 15 is 0 Å². The fourth-order valence-corrected chi connectivity index (χ4v) is 4.10. The van der Waals surface area contributed by atoms with Crippen molar-refractivity contribution in [1.29, 1.82) is 0 Å². The Morgan fingerprint density at radius 3 is 2.92 bits per heavy atom. The maximum Gasteiger partial charge on any atom is 0.221 e. The molecule has 1 saturated heterocycles. The van der Waals surface area contributed by atoms with Gasteiger partial charge in [-0.05, 0) is 50.1 Å². The van der Waals surface area contributed by atoms with Crippen LogP contribution < -0.4 is 11.1 Å². The Bertz CT molecular complexity index is 697. The van der Waals surface area contributed by atoms with Crippen molar-refractivity contribution in [2.75, 3.05) is 18.4 Å². The minimum absolute atomic E-state index is 0.00651. The van der Waals surface area contributed by atoms with Gasteiger partial charge in [-0.1, -0.05) is 18.2 Å². The number of nitrogens with zero attached hydrogens (tertiary/aromatic N) is 1. The Kier molecular flexibility index (Phi) is 5.53. The van der Waals surface area contributed by atoms with Gasteiger partial charge in [-0.25, -0.2) is 0 Å². The molecular formula is C19H25N3OS. The highest BCUT2D eigenvalue weighted by atomic mass is 32.1. The van der Waals surface area contributed by atoms with Gasteiger partial charge in [0, 0.05) is 35.1 Å². The Hall–Kier alpha value is -1.85. The average molecular weight is 343 g/mol. The number of primary amides is 1. The number of para-hydroxylation sites is 1. The van der Waals surface area contributed by atoms with Crippen LogP contribution in [-0.4, -0.2) is 23.9 Å². The third-order valence-electron chi connectivity index (χ3n) is 4.57. The molecule has 4 nitrogen and oxygen atoms in total. The van der Waals surface area contributed by atoms with Crippen LogP contribution in [0, 0.1) is 12.8 Å². The Morgan fingerprint density at radius 1 is 1.33 bits per heavy atom. The molecule has 3 rings (SSSR count). The van der Waals surface area contributed by atoms with Gasteiger partial charge in [-0.3, -0.25) is 9.69 Å². The summed E-state index contributed by atoms with van der Waals surface area (Å²) < 4.78 is 0. The first kappa shape index (κ1) is 17.0. The normalized spacial score (nSPS) is 18.5.